The lowest BCUT2D eigenvalue weighted by Gasteiger charge is -2.51. The van der Waals surface area contributed by atoms with Crippen molar-refractivity contribution in [3.05, 3.63) is 114 Å². The van der Waals surface area contributed by atoms with Gasteiger partial charge in [-0.15, -0.1) is 0 Å². The van der Waals surface area contributed by atoms with Crippen LogP contribution in [-0.4, -0.2) is 0 Å². The Morgan fingerprint density at radius 1 is 0.636 bits per heavy atom. The Bertz CT molecular complexity index is 1270. The lowest BCUT2D eigenvalue weighted by atomic mass is 9.53. The number of hydrogen-bond acceptors (Lipinski definition) is 1. The van der Waals surface area contributed by atoms with E-state index in [1.54, 1.807) is 11.1 Å². The first kappa shape index (κ1) is 19.2. The summed E-state index contributed by atoms with van der Waals surface area (Å²) in [6, 6.07) is 37.8. The maximum absolute atomic E-state index is 2.55. The quantitative estimate of drug-likeness (QED) is 0.314. The van der Waals surface area contributed by atoms with Gasteiger partial charge in [-0.2, -0.15) is 0 Å². The molecule has 3 aliphatic carbocycles. The highest BCUT2D eigenvalue weighted by molar-refractivity contribution is 5.88. The van der Waals surface area contributed by atoms with Crippen LogP contribution in [0.4, 0.5) is 17.1 Å². The fraction of sp³-hybridized carbons (Fsp3) is 0.250. The summed E-state index contributed by atoms with van der Waals surface area (Å²) in [5.74, 6) is 1.59. The van der Waals surface area contributed by atoms with Gasteiger partial charge >= 0.3 is 0 Å². The zero-order chi connectivity index (χ0) is 21.8. The molecule has 0 heterocycles. The van der Waals surface area contributed by atoms with Crippen molar-refractivity contribution in [3.63, 3.8) is 0 Å². The van der Waals surface area contributed by atoms with E-state index in [1.165, 1.54) is 60.3 Å². The molecule has 2 saturated carbocycles. The van der Waals surface area contributed by atoms with Gasteiger partial charge in [-0.25, -0.2) is 0 Å². The topological polar surface area (TPSA) is 3.24 Å². The molecule has 4 aromatic carbocycles. The van der Waals surface area contributed by atoms with E-state index in [0.717, 1.165) is 11.8 Å². The van der Waals surface area contributed by atoms with E-state index in [4.69, 9.17) is 0 Å². The highest BCUT2D eigenvalue weighted by Crippen LogP contribution is 2.69. The zero-order valence-corrected chi connectivity index (χ0v) is 19.0. The van der Waals surface area contributed by atoms with Crippen molar-refractivity contribution in [3.8, 4) is 11.1 Å². The molecule has 1 heteroatoms. The van der Waals surface area contributed by atoms with Gasteiger partial charge in [-0.1, -0.05) is 72.8 Å². The van der Waals surface area contributed by atoms with Gasteiger partial charge < -0.3 is 4.90 Å². The molecule has 2 fully saturated rings. The fourth-order valence-electron chi connectivity index (χ4n) is 7.06. The molecule has 7 rings (SSSR count). The minimum atomic E-state index is 0.635. The second-order valence-corrected chi connectivity index (χ2v) is 10.3. The molecule has 0 aliphatic heterocycles. The number of anilines is 3. The van der Waals surface area contributed by atoms with E-state index < -0.39 is 0 Å². The van der Waals surface area contributed by atoms with Crippen molar-refractivity contribution < 1.29 is 0 Å². The summed E-state index contributed by atoms with van der Waals surface area (Å²) in [6.07, 6.45) is 7.11. The Morgan fingerprint density at radius 3 is 2.00 bits per heavy atom. The summed E-state index contributed by atoms with van der Waals surface area (Å²) >= 11 is 0. The molecular weight excluding hydrogens is 398 g/mol. The SMILES string of the molecule is c1ccc(N(c2ccccc2)c2ccccc2-c2ccc3c(c2)C2CCC24CCC3C4)cc1. The fourth-order valence-corrected chi connectivity index (χ4v) is 7.06. The standard InChI is InChI=1S/C32H29N/c1-3-9-25(10-4-1)33(26-11-5-2-6-12-26)31-14-8-7-13-28(31)23-15-16-27-24-17-19-32(22-24)20-18-30(32)29(27)21-23/h1-16,21,24,30H,17-20,22H2. The third-order valence-corrected chi connectivity index (χ3v) is 8.70. The monoisotopic (exact) mass is 427 g/mol. The molecule has 3 unspecified atom stereocenters. The second-order valence-electron chi connectivity index (χ2n) is 10.3. The smallest absolute Gasteiger partial charge is 0.0540 e. The molecule has 0 N–H and O–H groups in total. The van der Waals surface area contributed by atoms with E-state index in [1.807, 2.05) is 0 Å². The van der Waals surface area contributed by atoms with Gasteiger partial charge in [0.25, 0.3) is 0 Å². The molecule has 0 radical (unpaired) electrons. The Hall–Kier alpha value is -3.32. The first-order valence-electron chi connectivity index (χ1n) is 12.5. The summed E-state index contributed by atoms with van der Waals surface area (Å²) < 4.78 is 0. The first-order chi connectivity index (χ1) is 16.3. The molecule has 1 spiro atoms. The molecule has 0 amide bonds. The summed E-state index contributed by atoms with van der Waals surface area (Å²) in [4.78, 5) is 2.39. The van der Waals surface area contributed by atoms with Gasteiger partial charge in [-0.05, 0) is 96.4 Å². The molecule has 2 bridgehead atoms. The number of rotatable bonds is 4. The lowest BCUT2D eigenvalue weighted by molar-refractivity contribution is 0.0879. The van der Waals surface area contributed by atoms with Crippen molar-refractivity contribution in [1.82, 2.24) is 0 Å². The van der Waals surface area contributed by atoms with Crippen molar-refractivity contribution >= 4 is 17.1 Å². The van der Waals surface area contributed by atoms with Gasteiger partial charge in [0.05, 0.1) is 5.69 Å². The summed E-state index contributed by atoms with van der Waals surface area (Å²) in [7, 11) is 0. The van der Waals surface area contributed by atoms with Crippen LogP contribution in [-0.2, 0) is 0 Å². The second kappa shape index (κ2) is 7.35. The average Bonchev–Trinajstić information content (AvgIpc) is 3.30. The molecule has 0 aromatic heterocycles. The third-order valence-electron chi connectivity index (χ3n) is 8.70. The van der Waals surface area contributed by atoms with Crippen LogP contribution in [0.2, 0.25) is 0 Å². The Kier molecular flexibility index (Phi) is 4.27. The van der Waals surface area contributed by atoms with Crippen molar-refractivity contribution in [1.29, 1.82) is 0 Å². The minimum Gasteiger partial charge on any atom is -0.310 e. The van der Waals surface area contributed by atoms with Gasteiger partial charge in [0.2, 0.25) is 0 Å². The Morgan fingerprint density at radius 2 is 1.30 bits per heavy atom. The van der Waals surface area contributed by atoms with Crippen molar-refractivity contribution in [2.75, 3.05) is 4.90 Å². The van der Waals surface area contributed by atoms with Gasteiger partial charge in [0, 0.05) is 16.9 Å². The number of hydrogen-bond donors (Lipinski definition) is 0. The van der Waals surface area contributed by atoms with E-state index in [-0.39, 0.29) is 0 Å². The normalized spacial score (nSPS) is 24.5. The molecule has 4 aromatic rings. The minimum absolute atomic E-state index is 0.635. The summed E-state index contributed by atoms with van der Waals surface area (Å²) in [6.45, 7) is 0. The molecular formula is C32H29N. The molecule has 1 nitrogen and oxygen atoms in total. The number of fused-ring (bicyclic) bond motifs is 4. The number of nitrogens with zero attached hydrogens (tertiary/aromatic N) is 1. The van der Waals surface area contributed by atoms with Crippen LogP contribution in [0, 0.1) is 5.41 Å². The average molecular weight is 428 g/mol. The molecule has 3 atom stereocenters. The van der Waals surface area contributed by atoms with Crippen LogP contribution in [0.15, 0.2) is 103 Å². The van der Waals surface area contributed by atoms with Crippen LogP contribution >= 0.6 is 0 Å². The Balaban J connectivity index is 1.38. The summed E-state index contributed by atoms with van der Waals surface area (Å²) in [5.41, 5.74) is 10.2. The maximum atomic E-state index is 2.55. The number of para-hydroxylation sites is 3. The number of benzene rings is 4. The summed E-state index contributed by atoms with van der Waals surface area (Å²) in [5, 5.41) is 0. The van der Waals surface area contributed by atoms with Crippen LogP contribution in [0.1, 0.15) is 55.1 Å². The molecule has 162 valence electrons. The maximum Gasteiger partial charge on any atom is 0.0540 e. The van der Waals surface area contributed by atoms with Gasteiger partial charge in [0.1, 0.15) is 0 Å². The van der Waals surface area contributed by atoms with Crippen LogP contribution < -0.4 is 4.90 Å². The largest absolute Gasteiger partial charge is 0.310 e. The highest BCUT2D eigenvalue weighted by atomic mass is 15.1. The van der Waals surface area contributed by atoms with Crippen molar-refractivity contribution in [2.45, 2.75) is 43.9 Å². The molecule has 0 saturated heterocycles. The zero-order valence-electron chi connectivity index (χ0n) is 19.0. The van der Waals surface area contributed by atoms with Crippen molar-refractivity contribution in [2.24, 2.45) is 5.41 Å². The third kappa shape index (κ3) is 2.92. The Labute approximate surface area is 196 Å². The lowest BCUT2D eigenvalue weighted by Crippen LogP contribution is -2.38. The van der Waals surface area contributed by atoms with Crippen LogP contribution in [0.25, 0.3) is 11.1 Å². The van der Waals surface area contributed by atoms with Gasteiger partial charge in [0.15, 0.2) is 0 Å². The van der Waals surface area contributed by atoms with Crippen LogP contribution in [0.3, 0.4) is 0 Å². The predicted molar refractivity (Wildman–Crippen MR) is 138 cm³/mol. The molecule has 3 aliphatic rings. The molecule has 33 heavy (non-hydrogen) atoms. The van der Waals surface area contributed by atoms with E-state index >= 15 is 0 Å². The van der Waals surface area contributed by atoms with E-state index in [9.17, 15) is 0 Å². The highest BCUT2D eigenvalue weighted by Gasteiger charge is 2.55. The first-order valence-corrected chi connectivity index (χ1v) is 12.5. The van der Waals surface area contributed by atoms with E-state index in [2.05, 4.69) is 108 Å². The predicted octanol–water partition coefficient (Wildman–Crippen LogP) is 8.97. The van der Waals surface area contributed by atoms with Gasteiger partial charge in [-0.3, -0.25) is 0 Å². The van der Waals surface area contributed by atoms with Crippen LogP contribution in [0.5, 0.6) is 0 Å². The van der Waals surface area contributed by atoms with E-state index in [0.29, 0.717) is 5.41 Å².